The third kappa shape index (κ3) is 4.08. The maximum Gasteiger partial charge on any atom is 0.405 e. The number of aliphatic imine (C=N–C) groups is 1. The molecule has 0 N–H and O–H groups in total. The van der Waals surface area contributed by atoms with Crippen LogP contribution >= 0.6 is 0 Å². The summed E-state index contributed by atoms with van der Waals surface area (Å²) in [6.07, 6.45) is -3.17. The van der Waals surface area contributed by atoms with Gasteiger partial charge in [-0.2, -0.15) is 13.2 Å². The molecular weight excluding hydrogens is 384 g/mol. The first kappa shape index (κ1) is 21.1. The van der Waals surface area contributed by atoms with Crippen molar-refractivity contribution in [3.8, 4) is 11.8 Å². The molecule has 1 saturated carbocycles. The van der Waals surface area contributed by atoms with Crippen LogP contribution in [0.3, 0.4) is 0 Å². The van der Waals surface area contributed by atoms with E-state index in [0.29, 0.717) is 41.4 Å². The number of hydrogen-bond acceptors (Lipinski definition) is 2. The highest BCUT2D eigenvalue weighted by molar-refractivity contribution is 6.10. The number of hydrogen-bond donors (Lipinski definition) is 0. The predicted octanol–water partition coefficient (Wildman–Crippen LogP) is 5.18. The van der Waals surface area contributed by atoms with Crippen molar-refractivity contribution in [2.75, 3.05) is 25.1 Å². The Balaban J connectivity index is 2.06. The van der Waals surface area contributed by atoms with E-state index < -0.39 is 17.4 Å². The SMILES string of the molecule is C=C/C(F)=C(\C)C(=NC)N1CCOCc2c(C#CC3(C(F)(F)F)CC3)cccc21. The van der Waals surface area contributed by atoms with Crippen molar-refractivity contribution in [1.29, 1.82) is 0 Å². The number of anilines is 1. The van der Waals surface area contributed by atoms with Crippen molar-refractivity contribution in [1.82, 2.24) is 0 Å². The molecule has 0 saturated heterocycles. The van der Waals surface area contributed by atoms with Gasteiger partial charge in [-0.3, -0.25) is 4.99 Å². The molecule has 0 spiro atoms. The predicted molar refractivity (Wildman–Crippen MR) is 105 cm³/mol. The minimum atomic E-state index is -4.33. The van der Waals surface area contributed by atoms with Gasteiger partial charge in [-0.05, 0) is 38.0 Å². The fourth-order valence-corrected chi connectivity index (χ4v) is 3.31. The van der Waals surface area contributed by atoms with Gasteiger partial charge in [0.2, 0.25) is 0 Å². The third-order valence-corrected chi connectivity index (χ3v) is 5.22. The van der Waals surface area contributed by atoms with E-state index >= 15 is 0 Å². The number of fused-ring (bicyclic) bond motifs is 1. The zero-order valence-electron chi connectivity index (χ0n) is 16.4. The smallest absolute Gasteiger partial charge is 0.375 e. The molecule has 0 aromatic heterocycles. The molecule has 1 heterocycles. The molecule has 0 atom stereocenters. The van der Waals surface area contributed by atoms with Crippen LogP contribution in [-0.2, 0) is 11.3 Å². The van der Waals surface area contributed by atoms with Gasteiger partial charge in [0.25, 0.3) is 0 Å². The molecular formula is C22H22F4N2O. The average Bonchev–Trinajstić information content (AvgIpc) is 3.51. The highest BCUT2D eigenvalue weighted by Gasteiger charge is 2.62. The van der Waals surface area contributed by atoms with E-state index in [4.69, 9.17) is 4.74 Å². The molecule has 29 heavy (non-hydrogen) atoms. The maximum atomic E-state index is 14.1. The Kier molecular flexibility index (Phi) is 5.85. The summed E-state index contributed by atoms with van der Waals surface area (Å²) in [6.45, 7) is 6.04. The third-order valence-electron chi connectivity index (χ3n) is 5.22. The summed E-state index contributed by atoms with van der Waals surface area (Å²) in [5, 5.41) is 0. The fourth-order valence-electron chi connectivity index (χ4n) is 3.31. The molecule has 1 aromatic rings. The van der Waals surface area contributed by atoms with Gasteiger partial charge in [0, 0.05) is 36.0 Å². The summed E-state index contributed by atoms with van der Waals surface area (Å²) in [5.41, 5.74) is 0.266. The normalized spacial score (nSPS) is 19.4. The minimum Gasteiger partial charge on any atom is -0.375 e. The van der Waals surface area contributed by atoms with Crippen molar-refractivity contribution in [2.24, 2.45) is 10.4 Å². The summed E-state index contributed by atoms with van der Waals surface area (Å²) >= 11 is 0. The lowest BCUT2D eigenvalue weighted by Crippen LogP contribution is -2.34. The lowest BCUT2D eigenvalue weighted by Gasteiger charge is -2.26. The van der Waals surface area contributed by atoms with Crippen molar-refractivity contribution in [2.45, 2.75) is 32.5 Å². The number of amidine groups is 1. The van der Waals surface area contributed by atoms with Crippen molar-refractivity contribution >= 4 is 11.5 Å². The lowest BCUT2D eigenvalue weighted by molar-refractivity contribution is -0.168. The largest absolute Gasteiger partial charge is 0.405 e. The Labute approximate surface area is 167 Å². The Hall–Kier alpha value is -2.59. The molecule has 0 bridgehead atoms. The molecule has 1 fully saturated rings. The molecule has 0 unspecified atom stereocenters. The summed E-state index contributed by atoms with van der Waals surface area (Å²) < 4.78 is 59.4. The van der Waals surface area contributed by atoms with Gasteiger partial charge in [-0.15, -0.1) is 0 Å². The van der Waals surface area contributed by atoms with Crippen LogP contribution in [0, 0.1) is 17.3 Å². The fraction of sp³-hybridized carbons (Fsp3) is 0.409. The Morgan fingerprint density at radius 2 is 2.07 bits per heavy atom. The van der Waals surface area contributed by atoms with Crippen LogP contribution in [0.1, 0.15) is 30.9 Å². The van der Waals surface area contributed by atoms with Crippen LogP contribution in [-0.4, -0.2) is 32.2 Å². The molecule has 1 aliphatic heterocycles. The first-order valence-electron chi connectivity index (χ1n) is 9.27. The Morgan fingerprint density at radius 3 is 2.66 bits per heavy atom. The average molecular weight is 406 g/mol. The van der Waals surface area contributed by atoms with Gasteiger partial charge in [0.15, 0.2) is 0 Å². The lowest BCUT2D eigenvalue weighted by atomic mass is 10.0. The highest BCUT2D eigenvalue weighted by Crippen LogP contribution is 2.57. The summed E-state index contributed by atoms with van der Waals surface area (Å²) in [6, 6.07) is 5.22. The minimum absolute atomic E-state index is 0.0264. The van der Waals surface area contributed by atoms with Crippen LogP contribution in [0.5, 0.6) is 0 Å². The number of benzene rings is 1. The molecule has 3 rings (SSSR count). The van der Waals surface area contributed by atoms with E-state index in [0.717, 1.165) is 6.08 Å². The van der Waals surface area contributed by atoms with E-state index in [2.05, 4.69) is 23.4 Å². The number of allylic oxidation sites excluding steroid dienone is 2. The number of alkyl halides is 3. The topological polar surface area (TPSA) is 24.8 Å². The van der Waals surface area contributed by atoms with Gasteiger partial charge < -0.3 is 9.64 Å². The van der Waals surface area contributed by atoms with E-state index in [-0.39, 0.29) is 19.4 Å². The summed E-state index contributed by atoms with van der Waals surface area (Å²) in [7, 11) is 1.56. The van der Waals surface area contributed by atoms with Crippen molar-refractivity contribution in [3.63, 3.8) is 0 Å². The molecule has 3 nitrogen and oxygen atoms in total. The van der Waals surface area contributed by atoms with Gasteiger partial charge in [0.1, 0.15) is 17.1 Å². The molecule has 2 aliphatic rings. The van der Waals surface area contributed by atoms with Crippen LogP contribution in [0.25, 0.3) is 0 Å². The summed E-state index contributed by atoms with van der Waals surface area (Å²) in [5.74, 6) is 5.09. The molecule has 0 radical (unpaired) electrons. The molecule has 7 heteroatoms. The zero-order valence-corrected chi connectivity index (χ0v) is 16.4. The van der Waals surface area contributed by atoms with Crippen molar-refractivity contribution < 1.29 is 22.3 Å². The maximum absolute atomic E-state index is 14.1. The number of rotatable bonds is 2. The second-order valence-corrected chi connectivity index (χ2v) is 7.06. The van der Waals surface area contributed by atoms with Gasteiger partial charge in [-0.25, -0.2) is 4.39 Å². The van der Waals surface area contributed by atoms with E-state index in [1.807, 2.05) is 11.0 Å². The highest BCUT2D eigenvalue weighted by atomic mass is 19.4. The molecule has 1 aliphatic carbocycles. The second-order valence-electron chi connectivity index (χ2n) is 7.06. The van der Waals surface area contributed by atoms with Crippen LogP contribution in [0.4, 0.5) is 23.2 Å². The zero-order chi connectivity index (χ0) is 21.2. The van der Waals surface area contributed by atoms with Gasteiger partial charge in [0.05, 0.1) is 13.2 Å². The molecule has 0 amide bonds. The monoisotopic (exact) mass is 406 g/mol. The van der Waals surface area contributed by atoms with E-state index in [9.17, 15) is 17.6 Å². The van der Waals surface area contributed by atoms with Crippen LogP contribution in [0.15, 0.2) is 47.2 Å². The van der Waals surface area contributed by atoms with E-state index in [1.165, 1.54) is 0 Å². The first-order chi connectivity index (χ1) is 13.7. The number of nitrogens with zero attached hydrogens (tertiary/aromatic N) is 2. The quantitative estimate of drug-likeness (QED) is 0.222. The molecule has 1 aromatic carbocycles. The Bertz CT molecular complexity index is 930. The van der Waals surface area contributed by atoms with Crippen molar-refractivity contribution in [3.05, 3.63) is 53.4 Å². The van der Waals surface area contributed by atoms with Gasteiger partial charge in [-0.1, -0.05) is 24.5 Å². The van der Waals surface area contributed by atoms with Crippen LogP contribution < -0.4 is 4.90 Å². The molecule has 154 valence electrons. The standard InChI is InChI=1S/C22H22F4N2O/c1-4-18(23)15(2)20(27-3)28-12-13-29-14-17-16(6-5-7-19(17)28)8-9-21(10-11-21)22(24,25)26/h4-7H,1,10-14H2,2-3H3/b18-15-,27-20?. The van der Waals surface area contributed by atoms with E-state index in [1.54, 1.807) is 26.1 Å². The van der Waals surface area contributed by atoms with Gasteiger partial charge >= 0.3 is 6.18 Å². The number of ether oxygens (including phenoxy) is 1. The number of halogens is 4. The second kappa shape index (κ2) is 8.03. The van der Waals surface area contributed by atoms with Crippen LogP contribution in [0.2, 0.25) is 0 Å². The Morgan fingerprint density at radius 1 is 1.34 bits per heavy atom. The summed E-state index contributed by atoms with van der Waals surface area (Å²) in [4.78, 5) is 6.04. The first-order valence-corrected chi connectivity index (χ1v) is 9.27.